The minimum Gasteiger partial charge on any atom is -0.467 e. The van der Waals surface area contributed by atoms with Gasteiger partial charge in [0.05, 0.1) is 29.6 Å². The Hall–Kier alpha value is -3.16. The number of aryl methyl sites for hydroxylation is 1. The second-order valence-electron chi connectivity index (χ2n) is 7.03. The van der Waals surface area contributed by atoms with Crippen LogP contribution in [0.25, 0.3) is 0 Å². The summed E-state index contributed by atoms with van der Waals surface area (Å²) in [7, 11) is 3.31. The predicted molar refractivity (Wildman–Crippen MR) is 105 cm³/mol. The van der Waals surface area contributed by atoms with Crippen molar-refractivity contribution in [2.45, 2.75) is 26.6 Å². The molecule has 8 heteroatoms. The van der Waals surface area contributed by atoms with Crippen molar-refractivity contribution in [2.24, 2.45) is 0 Å². The largest absolute Gasteiger partial charge is 0.467 e. The molecular weight excluding hydrogens is 383 g/mol. The third-order valence-electron chi connectivity index (χ3n) is 4.79. The van der Waals surface area contributed by atoms with E-state index in [-0.39, 0.29) is 5.69 Å². The molecular formula is C21H22F3N3O2. The highest BCUT2D eigenvalue weighted by Crippen LogP contribution is 2.37. The molecule has 0 atom stereocenters. The lowest BCUT2D eigenvalue weighted by atomic mass is 10.1. The average Bonchev–Trinajstić information content (AvgIpc) is 3.24. The van der Waals surface area contributed by atoms with Crippen LogP contribution in [0.5, 0.6) is 0 Å². The number of carbonyl (C=O) groups is 1. The van der Waals surface area contributed by atoms with E-state index in [0.717, 1.165) is 17.5 Å². The van der Waals surface area contributed by atoms with Crippen molar-refractivity contribution in [3.8, 4) is 0 Å². The molecule has 1 aromatic carbocycles. The summed E-state index contributed by atoms with van der Waals surface area (Å²) in [6.45, 7) is 4.02. The quantitative estimate of drug-likeness (QED) is 0.644. The molecule has 0 fully saturated rings. The number of hydrogen-bond donors (Lipinski definition) is 1. The van der Waals surface area contributed by atoms with E-state index in [1.165, 1.54) is 12.1 Å². The minimum absolute atomic E-state index is 0.274. The Balaban J connectivity index is 1.91. The van der Waals surface area contributed by atoms with Gasteiger partial charge in [-0.15, -0.1) is 0 Å². The maximum Gasteiger partial charge on any atom is 0.418 e. The van der Waals surface area contributed by atoms with E-state index in [2.05, 4.69) is 5.32 Å². The molecule has 1 N–H and O–H groups in total. The zero-order chi connectivity index (χ0) is 21.3. The summed E-state index contributed by atoms with van der Waals surface area (Å²) in [6, 6.07) is 9.09. The predicted octanol–water partition coefficient (Wildman–Crippen LogP) is 5.08. The number of rotatable bonds is 5. The molecule has 1 amide bonds. The maximum absolute atomic E-state index is 13.5. The molecule has 2 aromatic heterocycles. The van der Waals surface area contributed by atoms with Crippen molar-refractivity contribution in [1.29, 1.82) is 0 Å². The van der Waals surface area contributed by atoms with Crippen LogP contribution in [0.4, 0.5) is 24.5 Å². The molecule has 0 radical (unpaired) electrons. The van der Waals surface area contributed by atoms with Crippen LogP contribution in [-0.4, -0.2) is 24.6 Å². The van der Waals surface area contributed by atoms with Gasteiger partial charge in [0.2, 0.25) is 0 Å². The number of alkyl halides is 3. The van der Waals surface area contributed by atoms with E-state index in [9.17, 15) is 18.0 Å². The second-order valence-corrected chi connectivity index (χ2v) is 7.03. The number of aromatic nitrogens is 1. The molecule has 5 nitrogen and oxygen atoms in total. The number of hydrogen-bond acceptors (Lipinski definition) is 3. The standard InChI is InChI=1S/C21H22F3N3O2/c1-13-10-17(14(2)27(13)12-16-6-5-9-29-16)20(28)25-19-8-7-15(26(3)4)11-18(19)21(22,23)24/h5-11H,12H2,1-4H3,(H,25,28). The smallest absolute Gasteiger partial charge is 0.418 e. The molecule has 0 unspecified atom stereocenters. The van der Waals surface area contributed by atoms with E-state index in [1.807, 2.05) is 17.6 Å². The Morgan fingerprint density at radius 1 is 1.17 bits per heavy atom. The topological polar surface area (TPSA) is 50.4 Å². The lowest BCUT2D eigenvalue weighted by Gasteiger charge is -2.18. The molecule has 0 saturated carbocycles. The normalized spacial score (nSPS) is 11.6. The monoisotopic (exact) mass is 405 g/mol. The molecule has 2 heterocycles. The van der Waals surface area contributed by atoms with Crippen molar-refractivity contribution in [1.82, 2.24) is 4.57 Å². The van der Waals surface area contributed by atoms with Crippen LogP contribution in [0, 0.1) is 13.8 Å². The fraction of sp³-hybridized carbons (Fsp3) is 0.286. The van der Waals surface area contributed by atoms with Crippen LogP contribution in [0.2, 0.25) is 0 Å². The van der Waals surface area contributed by atoms with E-state index in [4.69, 9.17) is 4.42 Å². The summed E-state index contributed by atoms with van der Waals surface area (Å²) in [5.74, 6) is 0.129. The van der Waals surface area contributed by atoms with Crippen LogP contribution in [-0.2, 0) is 12.7 Å². The first-order chi connectivity index (χ1) is 13.6. The lowest BCUT2D eigenvalue weighted by molar-refractivity contribution is -0.136. The first kappa shape index (κ1) is 20.6. The molecule has 3 aromatic rings. The van der Waals surface area contributed by atoms with Gasteiger partial charge in [-0.1, -0.05) is 0 Å². The van der Waals surface area contributed by atoms with Crippen LogP contribution in [0.3, 0.4) is 0 Å². The first-order valence-electron chi connectivity index (χ1n) is 8.97. The van der Waals surface area contributed by atoms with Gasteiger partial charge in [0.1, 0.15) is 5.76 Å². The maximum atomic E-state index is 13.5. The lowest BCUT2D eigenvalue weighted by Crippen LogP contribution is -2.18. The van der Waals surface area contributed by atoms with Gasteiger partial charge in [-0.05, 0) is 50.2 Å². The molecule has 0 spiro atoms. The Kier molecular flexibility index (Phi) is 5.46. The fourth-order valence-electron chi connectivity index (χ4n) is 3.18. The van der Waals surface area contributed by atoms with Gasteiger partial charge in [-0.25, -0.2) is 0 Å². The van der Waals surface area contributed by atoms with Gasteiger partial charge < -0.3 is 19.2 Å². The van der Waals surface area contributed by atoms with Gasteiger partial charge in [0.15, 0.2) is 0 Å². The molecule has 154 valence electrons. The molecule has 0 saturated heterocycles. The SMILES string of the molecule is Cc1cc(C(=O)Nc2ccc(N(C)C)cc2C(F)(F)F)c(C)n1Cc1ccco1. The van der Waals surface area contributed by atoms with Crippen LogP contribution < -0.4 is 10.2 Å². The summed E-state index contributed by atoms with van der Waals surface area (Å²) in [4.78, 5) is 14.3. The highest BCUT2D eigenvalue weighted by atomic mass is 19.4. The number of anilines is 2. The number of carbonyl (C=O) groups excluding carboxylic acids is 1. The van der Waals surface area contributed by atoms with Crippen molar-refractivity contribution in [2.75, 3.05) is 24.3 Å². The Morgan fingerprint density at radius 3 is 2.48 bits per heavy atom. The van der Waals surface area contributed by atoms with Crippen LogP contribution in [0.1, 0.15) is 33.1 Å². The summed E-state index contributed by atoms with van der Waals surface area (Å²) < 4.78 is 47.8. The third-order valence-corrected chi connectivity index (χ3v) is 4.79. The Labute approximate surface area is 166 Å². The molecule has 0 aliphatic carbocycles. The summed E-state index contributed by atoms with van der Waals surface area (Å²) >= 11 is 0. The highest BCUT2D eigenvalue weighted by molar-refractivity contribution is 6.05. The highest BCUT2D eigenvalue weighted by Gasteiger charge is 2.34. The number of benzene rings is 1. The summed E-state index contributed by atoms with van der Waals surface area (Å²) in [5.41, 5.74) is 1.01. The summed E-state index contributed by atoms with van der Waals surface area (Å²) in [5, 5.41) is 2.43. The molecule has 29 heavy (non-hydrogen) atoms. The summed E-state index contributed by atoms with van der Waals surface area (Å²) in [6.07, 6.45) is -3.03. The van der Waals surface area contributed by atoms with Gasteiger partial charge in [0.25, 0.3) is 5.91 Å². The molecule has 0 aliphatic rings. The second kappa shape index (κ2) is 7.69. The van der Waals surface area contributed by atoms with Crippen molar-refractivity contribution < 1.29 is 22.4 Å². The minimum atomic E-state index is -4.59. The third kappa shape index (κ3) is 4.31. The van der Waals surface area contributed by atoms with Gasteiger partial charge >= 0.3 is 6.18 Å². The van der Waals surface area contributed by atoms with Gasteiger partial charge in [-0.2, -0.15) is 13.2 Å². The van der Waals surface area contributed by atoms with Crippen LogP contribution in [0.15, 0.2) is 47.1 Å². The van der Waals surface area contributed by atoms with Gasteiger partial charge in [-0.3, -0.25) is 4.79 Å². The average molecular weight is 405 g/mol. The molecule has 3 rings (SSSR count). The Bertz CT molecular complexity index is 1020. The van der Waals surface area contributed by atoms with E-state index < -0.39 is 17.6 Å². The van der Waals surface area contributed by atoms with Crippen molar-refractivity contribution in [3.05, 3.63) is 70.9 Å². The first-order valence-corrected chi connectivity index (χ1v) is 8.97. The number of nitrogens with one attached hydrogen (secondary N) is 1. The van der Waals surface area contributed by atoms with Crippen molar-refractivity contribution >= 4 is 17.3 Å². The zero-order valence-electron chi connectivity index (χ0n) is 16.6. The van der Waals surface area contributed by atoms with E-state index in [0.29, 0.717) is 23.5 Å². The number of halogens is 3. The van der Waals surface area contributed by atoms with E-state index >= 15 is 0 Å². The molecule has 0 aliphatic heterocycles. The fourth-order valence-corrected chi connectivity index (χ4v) is 3.18. The Morgan fingerprint density at radius 2 is 1.90 bits per heavy atom. The molecule has 0 bridgehead atoms. The van der Waals surface area contributed by atoms with Gasteiger partial charge in [0, 0.05) is 31.2 Å². The number of furan rings is 1. The van der Waals surface area contributed by atoms with Crippen LogP contribution >= 0.6 is 0 Å². The number of amides is 1. The number of nitrogens with zero attached hydrogens (tertiary/aromatic N) is 2. The zero-order valence-corrected chi connectivity index (χ0v) is 16.6. The van der Waals surface area contributed by atoms with Crippen molar-refractivity contribution in [3.63, 3.8) is 0 Å². The van der Waals surface area contributed by atoms with E-state index in [1.54, 1.807) is 44.3 Å².